The van der Waals surface area contributed by atoms with Crippen LogP contribution >= 0.6 is 0 Å². The van der Waals surface area contributed by atoms with Gasteiger partial charge in [-0.25, -0.2) is 4.99 Å². The molecule has 3 aliphatic rings. The number of aliphatic imine (C=N–C) groups is 1. The van der Waals surface area contributed by atoms with Gasteiger partial charge < -0.3 is 15.2 Å². The Labute approximate surface area is 176 Å². The van der Waals surface area contributed by atoms with Crippen LogP contribution in [0.3, 0.4) is 0 Å². The van der Waals surface area contributed by atoms with E-state index in [0.29, 0.717) is 5.75 Å². The van der Waals surface area contributed by atoms with Gasteiger partial charge in [0.25, 0.3) is 5.91 Å². The van der Waals surface area contributed by atoms with E-state index in [1.807, 2.05) is 42.5 Å². The summed E-state index contributed by atoms with van der Waals surface area (Å²) in [5.74, 6) is 1.72. The topological polar surface area (TPSA) is 77.2 Å². The standard InChI is InChI=1S/C24H27N3O3/c1-27-21(28)24(26-22(27)25)20-14-19(30-18-6-4-3-5-7-18)9-8-16(20)15-23(24)12-10-17(29-2)11-13-23/h3-9,14,17H,10-13,15H2,1-2H3,(H2,25,26)/t17?,23?,24-/m0/s1. The van der Waals surface area contributed by atoms with Crippen LogP contribution in [0.15, 0.2) is 53.5 Å². The van der Waals surface area contributed by atoms with Crippen molar-refractivity contribution in [2.24, 2.45) is 16.1 Å². The molecule has 6 nitrogen and oxygen atoms in total. The number of rotatable bonds is 3. The first kappa shape index (κ1) is 19.1. The van der Waals surface area contributed by atoms with Crippen LogP contribution in [-0.4, -0.2) is 37.0 Å². The Balaban J connectivity index is 1.60. The summed E-state index contributed by atoms with van der Waals surface area (Å²) in [7, 11) is 3.48. The van der Waals surface area contributed by atoms with E-state index in [0.717, 1.165) is 49.0 Å². The Morgan fingerprint density at radius 3 is 2.47 bits per heavy atom. The minimum atomic E-state index is -0.976. The van der Waals surface area contributed by atoms with Crippen LogP contribution in [-0.2, 0) is 21.5 Å². The molecule has 0 saturated heterocycles. The Kier molecular flexibility index (Phi) is 4.36. The zero-order valence-electron chi connectivity index (χ0n) is 17.4. The van der Waals surface area contributed by atoms with Crippen LogP contribution in [0.2, 0.25) is 0 Å². The van der Waals surface area contributed by atoms with Crippen molar-refractivity contribution in [3.63, 3.8) is 0 Å². The van der Waals surface area contributed by atoms with Crippen LogP contribution in [0.25, 0.3) is 0 Å². The quantitative estimate of drug-likeness (QED) is 0.847. The monoisotopic (exact) mass is 405 g/mol. The number of likely N-dealkylation sites (N-methyl/N-ethyl adjacent to an activating group) is 1. The van der Waals surface area contributed by atoms with E-state index >= 15 is 0 Å². The third kappa shape index (κ3) is 2.59. The zero-order valence-corrected chi connectivity index (χ0v) is 17.4. The van der Waals surface area contributed by atoms with Gasteiger partial charge in [0, 0.05) is 19.6 Å². The smallest absolute Gasteiger partial charge is 0.262 e. The molecule has 5 rings (SSSR count). The number of benzene rings is 2. The summed E-state index contributed by atoms with van der Waals surface area (Å²) in [4.78, 5) is 20.0. The molecule has 30 heavy (non-hydrogen) atoms. The Hall–Kier alpha value is -2.86. The molecule has 0 unspecified atom stereocenters. The van der Waals surface area contributed by atoms with Gasteiger partial charge in [0.1, 0.15) is 11.5 Å². The molecule has 2 aromatic rings. The predicted molar refractivity (Wildman–Crippen MR) is 114 cm³/mol. The average Bonchev–Trinajstić information content (AvgIpc) is 3.16. The van der Waals surface area contributed by atoms with E-state index in [9.17, 15) is 4.79 Å². The second kappa shape index (κ2) is 6.84. The summed E-state index contributed by atoms with van der Waals surface area (Å²) < 4.78 is 11.7. The van der Waals surface area contributed by atoms with Crippen molar-refractivity contribution in [3.05, 3.63) is 59.7 Å². The maximum Gasteiger partial charge on any atom is 0.262 e. The fraction of sp³-hybridized carbons (Fsp3) is 0.417. The van der Waals surface area contributed by atoms with E-state index in [4.69, 9.17) is 20.2 Å². The Bertz CT molecular complexity index is 1010. The first-order chi connectivity index (χ1) is 14.5. The molecule has 1 saturated carbocycles. The number of guanidine groups is 1. The fourth-order valence-corrected chi connectivity index (χ4v) is 5.59. The van der Waals surface area contributed by atoms with Crippen molar-refractivity contribution in [1.82, 2.24) is 4.90 Å². The summed E-state index contributed by atoms with van der Waals surface area (Å²) in [6, 6.07) is 15.7. The fourth-order valence-electron chi connectivity index (χ4n) is 5.59. The highest BCUT2D eigenvalue weighted by Crippen LogP contribution is 2.62. The van der Waals surface area contributed by atoms with Crippen molar-refractivity contribution in [3.8, 4) is 11.5 Å². The van der Waals surface area contributed by atoms with Crippen LogP contribution in [0, 0.1) is 5.41 Å². The number of ether oxygens (including phenoxy) is 2. The number of amides is 1. The van der Waals surface area contributed by atoms with Crippen molar-refractivity contribution < 1.29 is 14.3 Å². The lowest BCUT2D eigenvalue weighted by molar-refractivity contribution is -0.137. The van der Waals surface area contributed by atoms with Crippen molar-refractivity contribution >= 4 is 11.9 Å². The minimum Gasteiger partial charge on any atom is -0.457 e. The number of carbonyl (C=O) groups is 1. The lowest BCUT2D eigenvalue weighted by atomic mass is 9.61. The van der Waals surface area contributed by atoms with E-state index in [1.54, 1.807) is 14.2 Å². The lowest BCUT2D eigenvalue weighted by Crippen LogP contribution is -2.51. The average molecular weight is 405 g/mol. The van der Waals surface area contributed by atoms with Gasteiger partial charge in [-0.05, 0) is 67.5 Å². The molecule has 0 aromatic heterocycles. The minimum absolute atomic E-state index is 0.0357. The number of hydrogen-bond acceptors (Lipinski definition) is 5. The molecule has 0 bridgehead atoms. The van der Waals surface area contributed by atoms with Gasteiger partial charge in [-0.3, -0.25) is 9.69 Å². The molecular weight excluding hydrogens is 378 g/mol. The zero-order chi connectivity index (χ0) is 20.9. The number of carbonyl (C=O) groups excluding carboxylic acids is 1. The number of fused-ring (bicyclic) bond motifs is 3. The van der Waals surface area contributed by atoms with Crippen molar-refractivity contribution in [1.29, 1.82) is 0 Å². The molecule has 2 aliphatic carbocycles. The van der Waals surface area contributed by atoms with Gasteiger partial charge in [-0.2, -0.15) is 0 Å². The van der Waals surface area contributed by atoms with E-state index in [-0.39, 0.29) is 23.4 Å². The van der Waals surface area contributed by atoms with Gasteiger partial charge in [-0.1, -0.05) is 24.3 Å². The maximum atomic E-state index is 13.7. The maximum absolute atomic E-state index is 13.7. The predicted octanol–water partition coefficient (Wildman–Crippen LogP) is 3.59. The summed E-state index contributed by atoms with van der Waals surface area (Å²) in [6.45, 7) is 0. The number of para-hydroxylation sites is 1. The van der Waals surface area contributed by atoms with E-state index < -0.39 is 5.54 Å². The third-order valence-corrected chi connectivity index (χ3v) is 7.21. The highest BCUT2D eigenvalue weighted by molar-refractivity contribution is 6.08. The highest BCUT2D eigenvalue weighted by Gasteiger charge is 2.66. The number of nitrogens with two attached hydrogens (primary N) is 1. The molecular formula is C24H27N3O3. The second-order valence-corrected chi connectivity index (χ2v) is 8.67. The Morgan fingerprint density at radius 1 is 1.10 bits per heavy atom. The van der Waals surface area contributed by atoms with Gasteiger partial charge in [-0.15, -0.1) is 0 Å². The van der Waals surface area contributed by atoms with Gasteiger partial charge in [0.15, 0.2) is 11.5 Å². The molecule has 1 heterocycles. The molecule has 2 aromatic carbocycles. The van der Waals surface area contributed by atoms with E-state index in [2.05, 4.69) is 6.07 Å². The third-order valence-electron chi connectivity index (χ3n) is 7.21. The molecule has 1 atom stereocenters. The first-order valence-corrected chi connectivity index (χ1v) is 10.5. The SMILES string of the molecule is COC1CCC2(CC1)Cc1ccc(Oc3ccccc3)cc1[C@@]21N=C(N)N(C)C1=O. The van der Waals surface area contributed by atoms with Crippen LogP contribution in [0.5, 0.6) is 11.5 Å². The van der Waals surface area contributed by atoms with Gasteiger partial charge in [0.05, 0.1) is 6.10 Å². The number of hydrogen-bond donors (Lipinski definition) is 1. The lowest BCUT2D eigenvalue weighted by Gasteiger charge is -2.45. The van der Waals surface area contributed by atoms with Gasteiger partial charge >= 0.3 is 0 Å². The summed E-state index contributed by atoms with van der Waals surface area (Å²) in [5.41, 5.74) is 7.03. The number of nitrogens with zero attached hydrogens (tertiary/aromatic N) is 2. The summed E-state index contributed by atoms with van der Waals surface area (Å²) in [6.07, 6.45) is 4.67. The van der Waals surface area contributed by atoms with Crippen molar-refractivity contribution in [2.45, 2.75) is 43.7 Å². The van der Waals surface area contributed by atoms with Crippen LogP contribution < -0.4 is 10.5 Å². The summed E-state index contributed by atoms with van der Waals surface area (Å²) >= 11 is 0. The molecule has 1 aliphatic heterocycles. The van der Waals surface area contributed by atoms with Crippen molar-refractivity contribution in [2.75, 3.05) is 14.2 Å². The van der Waals surface area contributed by atoms with Gasteiger partial charge in [0.2, 0.25) is 0 Å². The van der Waals surface area contributed by atoms with Crippen LogP contribution in [0.4, 0.5) is 0 Å². The molecule has 2 N–H and O–H groups in total. The highest BCUT2D eigenvalue weighted by atomic mass is 16.5. The normalized spacial score (nSPS) is 30.1. The molecule has 1 amide bonds. The second-order valence-electron chi connectivity index (χ2n) is 8.67. The van der Waals surface area contributed by atoms with Crippen LogP contribution in [0.1, 0.15) is 36.8 Å². The first-order valence-electron chi connectivity index (χ1n) is 10.5. The molecule has 2 spiro atoms. The summed E-state index contributed by atoms with van der Waals surface area (Å²) in [5, 5.41) is 0. The molecule has 6 heteroatoms. The number of methoxy groups -OCH3 is 1. The molecule has 0 radical (unpaired) electrons. The largest absolute Gasteiger partial charge is 0.457 e. The molecule has 1 fully saturated rings. The van der Waals surface area contributed by atoms with E-state index in [1.165, 1.54) is 4.90 Å². The Morgan fingerprint density at radius 2 is 1.83 bits per heavy atom. The molecule has 156 valence electrons.